The van der Waals surface area contributed by atoms with E-state index in [0.717, 1.165) is 72.8 Å². The van der Waals surface area contributed by atoms with Crippen LogP contribution in [0.4, 0.5) is 16.4 Å². The van der Waals surface area contributed by atoms with E-state index >= 15 is 0 Å². The third-order valence-electron chi connectivity index (χ3n) is 10.1. The molecule has 14 heteroatoms. The van der Waals surface area contributed by atoms with Gasteiger partial charge in [0.25, 0.3) is 0 Å². The molecule has 0 saturated carbocycles. The van der Waals surface area contributed by atoms with Gasteiger partial charge in [-0.2, -0.15) is 4.98 Å². The predicted molar refractivity (Wildman–Crippen MR) is 219 cm³/mol. The lowest BCUT2D eigenvalue weighted by molar-refractivity contribution is 0.0200. The molecule has 14 nitrogen and oxygen atoms in total. The molecule has 1 aliphatic heterocycles. The third-order valence-corrected chi connectivity index (χ3v) is 10.1. The lowest BCUT2D eigenvalue weighted by Gasteiger charge is -2.38. The molecule has 6 rings (SSSR count). The van der Waals surface area contributed by atoms with E-state index in [2.05, 4.69) is 16.7 Å². The number of aliphatic hydroxyl groups is 1. The summed E-state index contributed by atoms with van der Waals surface area (Å²) in [5.41, 5.74) is 4.03. The summed E-state index contributed by atoms with van der Waals surface area (Å²) in [7, 11) is 5.11. The van der Waals surface area contributed by atoms with E-state index in [1.807, 2.05) is 89.3 Å². The van der Waals surface area contributed by atoms with Crippen molar-refractivity contribution in [1.29, 1.82) is 0 Å². The van der Waals surface area contributed by atoms with Crippen molar-refractivity contribution in [3.05, 3.63) is 94.9 Å². The number of fused-ring (bicyclic) bond motifs is 1. The van der Waals surface area contributed by atoms with Crippen LogP contribution in [0.2, 0.25) is 0 Å². The summed E-state index contributed by atoms with van der Waals surface area (Å²) in [4.78, 5) is 33.3. The lowest BCUT2D eigenvalue weighted by Crippen LogP contribution is -2.47. The van der Waals surface area contributed by atoms with Gasteiger partial charge in [0.15, 0.2) is 11.5 Å². The quantitative estimate of drug-likeness (QED) is 0.108. The molecule has 1 atom stereocenters. The Hall–Kier alpha value is -5.63. The number of amides is 1. The molecule has 1 aliphatic rings. The van der Waals surface area contributed by atoms with Gasteiger partial charge in [-0.1, -0.05) is 37.6 Å². The van der Waals surface area contributed by atoms with Crippen LogP contribution in [0.3, 0.4) is 0 Å². The van der Waals surface area contributed by atoms with Crippen molar-refractivity contribution in [2.75, 3.05) is 50.8 Å². The number of carbonyl (C=O) groups excluding carboxylic acids is 1. The third kappa shape index (κ3) is 10.0. The number of benzene rings is 2. The number of aromatic nitrogens is 5. The zero-order valence-corrected chi connectivity index (χ0v) is 34.4. The molecule has 1 saturated heterocycles. The standard InChI is InChI=1S/C43H56N8O6/c1-9-10-23-56-41-46-40(50(27-30-11-15-34(54-7)16-12-30)28-31-13-17-35(55-8)18-14-31)39-45-26-36(51(39)47-41)37(52)32-24-29(2)38(44-25-32)49-21-19-33(20-22-49)48(6)42(53)57-43(3,4)5/h11-18,24-26,33,37,52H,9-10,19-23,27-28H2,1-8H3. The largest absolute Gasteiger partial charge is 0.497 e. The van der Waals surface area contributed by atoms with E-state index in [9.17, 15) is 9.90 Å². The number of piperidine rings is 1. The number of nitrogens with zero attached hydrogens (tertiary/aromatic N) is 8. The molecule has 1 N–H and O–H groups in total. The summed E-state index contributed by atoms with van der Waals surface area (Å²) in [5.74, 6) is 2.96. The minimum Gasteiger partial charge on any atom is -0.497 e. The molecule has 2 aromatic carbocycles. The lowest BCUT2D eigenvalue weighted by atomic mass is 10.0. The Morgan fingerprint density at radius 1 is 0.947 bits per heavy atom. The van der Waals surface area contributed by atoms with Crippen LogP contribution in [0, 0.1) is 6.92 Å². The summed E-state index contributed by atoms with van der Waals surface area (Å²) in [6.07, 6.45) is 5.34. The Balaban J connectivity index is 1.28. The highest BCUT2D eigenvalue weighted by Gasteiger charge is 2.30. The number of unbranched alkanes of at least 4 members (excludes halogenated alkanes) is 1. The maximum atomic E-state index is 12.7. The summed E-state index contributed by atoms with van der Waals surface area (Å²) in [6, 6.07) is 18.1. The van der Waals surface area contributed by atoms with Gasteiger partial charge in [-0.25, -0.2) is 19.3 Å². The van der Waals surface area contributed by atoms with Crippen molar-refractivity contribution in [3.8, 4) is 17.5 Å². The van der Waals surface area contributed by atoms with Crippen molar-refractivity contribution in [1.82, 2.24) is 29.5 Å². The fraction of sp³-hybridized carbons (Fsp3) is 0.465. The van der Waals surface area contributed by atoms with Crippen molar-refractivity contribution in [2.24, 2.45) is 0 Å². The Labute approximate surface area is 335 Å². The van der Waals surface area contributed by atoms with Crippen LogP contribution in [0.5, 0.6) is 17.5 Å². The molecule has 0 aliphatic carbocycles. The van der Waals surface area contributed by atoms with E-state index in [1.54, 1.807) is 36.0 Å². The topological polar surface area (TPSA) is 140 Å². The normalized spacial score (nSPS) is 14.0. The first-order valence-electron chi connectivity index (χ1n) is 19.6. The number of hydrogen-bond donors (Lipinski definition) is 1. The van der Waals surface area contributed by atoms with Crippen LogP contribution in [-0.4, -0.2) is 93.3 Å². The van der Waals surface area contributed by atoms with Crippen molar-refractivity contribution < 1.29 is 28.8 Å². The number of anilines is 2. The summed E-state index contributed by atoms with van der Waals surface area (Å²) in [6.45, 7) is 12.7. The molecular weight excluding hydrogens is 725 g/mol. The SMILES string of the molecule is CCCCOc1nc(N(Cc2ccc(OC)cc2)Cc2ccc(OC)cc2)c2ncc(C(O)c3cnc(N4CCC(N(C)C(=O)OC(C)(C)C)CC4)c(C)c3)n2n1. The highest BCUT2D eigenvalue weighted by molar-refractivity contribution is 5.68. The number of carbonyl (C=O) groups is 1. The number of imidazole rings is 1. The van der Waals surface area contributed by atoms with E-state index in [1.165, 1.54) is 0 Å². The Morgan fingerprint density at radius 3 is 2.11 bits per heavy atom. The van der Waals surface area contributed by atoms with Crippen LogP contribution >= 0.6 is 0 Å². The number of methoxy groups -OCH3 is 2. The molecule has 57 heavy (non-hydrogen) atoms. The van der Waals surface area contributed by atoms with Crippen molar-refractivity contribution >= 4 is 23.4 Å². The van der Waals surface area contributed by atoms with Crippen LogP contribution < -0.4 is 24.0 Å². The smallest absolute Gasteiger partial charge is 0.410 e. The Kier molecular flexibility index (Phi) is 13.0. The molecule has 1 fully saturated rings. The van der Waals surface area contributed by atoms with Crippen LogP contribution in [0.25, 0.3) is 5.65 Å². The fourth-order valence-corrected chi connectivity index (χ4v) is 6.93. The number of aliphatic hydroxyl groups excluding tert-OH is 1. The van der Waals surface area contributed by atoms with Crippen LogP contribution in [-0.2, 0) is 17.8 Å². The molecule has 0 radical (unpaired) electrons. The molecule has 1 unspecified atom stereocenters. The van der Waals surface area contributed by atoms with Crippen molar-refractivity contribution in [3.63, 3.8) is 0 Å². The molecule has 3 aromatic heterocycles. The van der Waals surface area contributed by atoms with Gasteiger partial charge >= 0.3 is 12.1 Å². The van der Waals surface area contributed by atoms with Crippen LogP contribution in [0.15, 0.2) is 67.0 Å². The summed E-state index contributed by atoms with van der Waals surface area (Å²) in [5, 5.41) is 16.7. The fourth-order valence-electron chi connectivity index (χ4n) is 6.93. The van der Waals surface area contributed by atoms with Gasteiger partial charge in [-0.3, -0.25) is 0 Å². The minimum absolute atomic E-state index is 0.0821. The van der Waals surface area contributed by atoms with E-state index in [-0.39, 0.29) is 18.1 Å². The first-order chi connectivity index (χ1) is 27.4. The minimum atomic E-state index is -1.09. The zero-order valence-electron chi connectivity index (χ0n) is 34.4. The number of rotatable bonds is 15. The van der Waals surface area contributed by atoms with E-state index in [0.29, 0.717) is 42.4 Å². The van der Waals surface area contributed by atoms with Gasteiger partial charge in [0.05, 0.1) is 32.7 Å². The van der Waals surface area contributed by atoms with Gasteiger partial charge in [-0.15, -0.1) is 5.10 Å². The molecule has 5 aromatic rings. The second kappa shape index (κ2) is 18.1. The summed E-state index contributed by atoms with van der Waals surface area (Å²) >= 11 is 0. The average Bonchev–Trinajstić information content (AvgIpc) is 3.64. The first kappa shape index (κ1) is 41.0. The monoisotopic (exact) mass is 780 g/mol. The maximum absolute atomic E-state index is 12.7. The number of hydrogen-bond acceptors (Lipinski definition) is 12. The molecule has 304 valence electrons. The first-order valence-corrected chi connectivity index (χ1v) is 19.6. The van der Waals surface area contributed by atoms with Gasteiger partial charge in [0.1, 0.15) is 29.0 Å². The number of ether oxygens (including phenoxy) is 4. The highest BCUT2D eigenvalue weighted by Crippen LogP contribution is 2.32. The van der Waals surface area contributed by atoms with E-state index < -0.39 is 11.7 Å². The zero-order chi connectivity index (χ0) is 40.7. The Bertz CT molecular complexity index is 2040. The molecular formula is C43H56N8O6. The highest BCUT2D eigenvalue weighted by atomic mass is 16.6. The molecule has 1 amide bonds. The maximum Gasteiger partial charge on any atom is 0.410 e. The van der Waals surface area contributed by atoms with E-state index in [4.69, 9.17) is 39.0 Å². The van der Waals surface area contributed by atoms with Gasteiger partial charge in [-0.05, 0) is 94.0 Å². The second-order valence-corrected chi connectivity index (χ2v) is 15.5. The van der Waals surface area contributed by atoms with Gasteiger partial charge in [0, 0.05) is 51.0 Å². The average molecular weight is 781 g/mol. The van der Waals surface area contributed by atoms with Gasteiger partial charge < -0.3 is 38.8 Å². The van der Waals surface area contributed by atoms with Crippen LogP contribution in [0.1, 0.15) is 87.4 Å². The van der Waals surface area contributed by atoms with Crippen molar-refractivity contribution in [2.45, 2.75) is 91.1 Å². The predicted octanol–water partition coefficient (Wildman–Crippen LogP) is 7.15. The second-order valence-electron chi connectivity index (χ2n) is 15.5. The number of pyridine rings is 1. The molecule has 0 spiro atoms. The Morgan fingerprint density at radius 2 is 1.56 bits per heavy atom. The molecule has 0 bridgehead atoms. The van der Waals surface area contributed by atoms with Gasteiger partial charge in [0.2, 0.25) is 0 Å². The number of aryl methyl sites for hydroxylation is 1. The molecule has 4 heterocycles. The summed E-state index contributed by atoms with van der Waals surface area (Å²) < 4.78 is 24.2.